The molecule has 0 saturated heterocycles. The SMILES string of the molecule is CC(C)(C)NC/C=C/c1ccc([N+](=O)[O-])cc1. The molecule has 0 aliphatic heterocycles. The highest BCUT2D eigenvalue weighted by Gasteiger charge is 2.06. The summed E-state index contributed by atoms with van der Waals surface area (Å²) < 4.78 is 0. The van der Waals surface area contributed by atoms with Crippen LogP contribution in [0.25, 0.3) is 6.08 Å². The Kier molecular flexibility index (Phi) is 4.40. The van der Waals surface area contributed by atoms with Crippen LogP contribution in [0.2, 0.25) is 0 Å². The van der Waals surface area contributed by atoms with Crippen LogP contribution in [0.4, 0.5) is 5.69 Å². The molecule has 0 amide bonds. The topological polar surface area (TPSA) is 55.2 Å². The second-order valence-electron chi connectivity index (χ2n) is 4.88. The lowest BCUT2D eigenvalue weighted by molar-refractivity contribution is -0.384. The molecule has 0 atom stereocenters. The number of rotatable bonds is 4. The van der Waals surface area contributed by atoms with Crippen molar-refractivity contribution in [1.82, 2.24) is 5.32 Å². The van der Waals surface area contributed by atoms with E-state index in [1.54, 1.807) is 12.1 Å². The van der Waals surface area contributed by atoms with Gasteiger partial charge in [-0.3, -0.25) is 10.1 Å². The van der Waals surface area contributed by atoms with Crippen molar-refractivity contribution >= 4 is 11.8 Å². The third-order valence-corrected chi connectivity index (χ3v) is 2.16. The van der Waals surface area contributed by atoms with Gasteiger partial charge in [0, 0.05) is 24.2 Å². The van der Waals surface area contributed by atoms with Gasteiger partial charge < -0.3 is 5.32 Å². The van der Waals surface area contributed by atoms with Gasteiger partial charge in [-0.1, -0.05) is 12.2 Å². The average molecular weight is 234 g/mol. The van der Waals surface area contributed by atoms with E-state index >= 15 is 0 Å². The lowest BCUT2D eigenvalue weighted by Gasteiger charge is -2.18. The van der Waals surface area contributed by atoms with E-state index in [1.807, 2.05) is 12.2 Å². The van der Waals surface area contributed by atoms with Gasteiger partial charge >= 0.3 is 0 Å². The van der Waals surface area contributed by atoms with E-state index in [0.29, 0.717) is 0 Å². The van der Waals surface area contributed by atoms with Gasteiger partial charge in [-0.2, -0.15) is 0 Å². The van der Waals surface area contributed by atoms with Gasteiger partial charge in [-0.05, 0) is 38.5 Å². The fraction of sp³-hybridized carbons (Fsp3) is 0.385. The molecule has 0 radical (unpaired) electrons. The summed E-state index contributed by atoms with van der Waals surface area (Å²) in [6, 6.07) is 6.51. The average Bonchev–Trinajstić information content (AvgIpc) is 2.24. The zero-order valence-corrected chi connectivity index (χ0v) is 10.4. The van der Waals surface area contributed by atoms with E-state index in [9.17, 15) is 10.1 Å². The monoisotopic (exact) mass is 234 g/mol. The van der Waals surface area contributed by atoms with E-state index in [-0.39, 0.29) is 11.2 Å². The molecule has 0 spiro atoms. The van der Waals surface area contributed by atoms with Crippen molar-refractivity contribution in [3.05, 3.63) is 46.0 Å². The highest BCUT2D eigenvalue weighted by molar-refractivity contribution is 5.51. The van der Waals surface area contributed by atoms with E-state index < -0.39 is 4.92 Å². The lowest BCUT2D eigenvalue weighted by Crippen LogP contribution is -2.35. The number of nitro groups is 1. The molecule has 0 unspecified atom stereocenters. The van der Waals surface area contributed by atoms with Crippen LogP contribution in [0.5, 0.6) is 0 Å². The smallest absolute Gasteiger partial charge is 0.269 e. The van der Waals surface area contributed by atoms with E-state index in [4.69, 9.17) is 0 Å². The summed E-state index contributed by atoms with van der Waals surface area (Å²) in [6.07, 6.45) is 3.95. The molecule has 0 bridgehead atoms. The van der Waals surface area contributed by atoms with Crippen LogP contribution >= 0.6 is 0 Å². The predicted molar refractivity (Wildman–Crippen MR) is 69.9 cm³/mol. The Balaban J connectivity index is 2.52. The molecule has 1 aromatic rings. The molecule has 0 aliphatic carbocycles. The van der Waals surface area contributed by atoms with Gasteiger partial charge in [0.1, 0.15) is 0 Å². The zero-order chi connectivity index (χ0) is 12.9. The van der Waals surface area contributed by atoms with E-state index in [0.717, 1.165) is 12.1 Å². The summed E-state index contributed by atoms with van der Waals surface area (Å²) in [4.78, 5) is 10.1. The number of nitrogens with zero attached hydrogens (tertiary/aromatic N) is 1. The predicted octanol–water partition coefficient (Wildman–Crippen LogP) is 3.00. The Bertz CT molecular complexity index is 402. The number of hydrogen-bond acceptors (Lipinski definition) is 3. The van der Waals surface area contributed by atoms with Crippen LogP contribution in [0.1, 0.15) is 26.3 Å². The Morgan fingerprint density at radius 2 is 1.88 bits per heavy atom. The maximum absolute atomic E-state index is 10.5. The summed E-state index contributed by atoms with van der Waals surface area (Å²) in [5.74, 6) is 0. The molecule has 4 nitrogen and oxygen atoms in total. The fourth-order valence-corrected chi connectivity index (χ4v) is 1.27. The fourth-order valence-electron chi connectivity index (χ4n) is 1.27. The second kappa shape index (κ2) is 5.59. The first-order valence-electron chi connectivity index (χ1n) is 5.54. The molecule has 0 fully saturated rings. The maximum Gasteiger partial charge on any atom is 0.269 e. The summed E-state index contributed by atoms with van der Waals surface area (Å²) in [6.45, 7) is 7.09. The van der Waals surface area contributed by atoms with Crippen molar-refractivity contribution in [2.75, 3.05) is 6.54 Å². The minimum Gasteiger partial charge on any atom is -0.309 e. The molecule has 4 heteroatoms. The number of benzene rings is 1. The van der Waals surface area contributed by atoms with Crippen molar-refractivity contribution in [3.63, 3.8) is 0 Å². The highest BCUT2D eigenvalue weighted by atomic mass is 16.6. The molecule has 0 saturated carbocycles. The van der Waals surface area contributed by atoms with Gasteiger partial charge in [0.05, 0.1) is 4.92 Å². The standard InChI is InChI=1S/C13H18N2O2/c1-13(2,3)14-10-4-5-11-6-8-12(9-7-11)15(16)17/h4-9,14H,10H2,1-3H3/b5-4+. The van der Waals surface area contributed by atoms with Gasteiger partial charge in [-0.15, -0.1) is 0 Å². The first-order valence-corrected chi connectivity index (χ1v) is 5.54. The van der Waals surface area contributed by atoms with Crippen LogP contribution in [0.15, 0.2) is 30.3 Å². The van der Waals surface area contributed by atoms with Crippen LogP contribution < -0.4 is 5.32 Å². The van der Waals surface area contributed by atoms with Crippen molar-refractivity contribution < 1.29 is 4.92 Å². The van der Waals surface area contributed by atoms with Gasteiger partial charge in [0.15, 0.2) is 0 Å². The van der Waals surface area contributed by atoms with Crippen LogP contribution in [0, 0.1) is 10.1 Å². The molecule has 1 rings (SSSR count). The minimum absolute atomic E-state index is 0.0970. The quantitative estimate of drug-likeness (QED) is 0.643. The van der Waals surface area contributed by atoms with Crippen LogP contribution in [-0.2, 0) is 0 Å². The Morgan fingerprint density at radius 3 is 2.35 bits per heavy atom. The normalized spacial score (nSPS) is 11.9. The summed E-state index contributed by atoms with van der Waals surface area (Å²) >= 11 is 0. The second-order valence-corrected chi connectivity index (χ2v) is 4.88. The van der Waals surface area contributed by atoms with Crippen molar-refractivity contribution in [2.45, 2.75) is 26.3 Å². The largest absolute Gasteiger partial charge is 0.309 e. The van der Waals surface area contributed by atoms with Gasteiger partial charge in [0.25, 0.3) is 5.69 Å². The van der Waals surface area contributed by atoms with E-state index in [2.05, 4.69) is 26.1 Å². The third kappa shape index (κ3) is 5.26. The molecule has 0 heterocycles. The minimum atomic E-state index is -0.394. The summed E-state index contributed by atoms with van der Waals surface area (Å²) in [5.41, 5.74) is 1.18. The van der Waals surface area contributed by atoms with Crippen molar-refractivity contribution in [2.24, 2.45) is 0 Å². The molecule has 17 heavy (non-hydrogen) atoms. The van der Waals surface area contributed by atoms with Crippen LogP contribution in [0.3, 0.4) is 0 Å². The van der Waals surface area contributed by atoms with Gasteiger partial charge in [-0.25, -0.2) is 0 Å². The number of nitro benzene ring substituents is 1. The molecule has 0 aromatic heterocycles. The number of hydrogen-bond donors (Lipinski definition) is 1. The van der Waals surface area contributed by atoms with E-state index in [1.165, 1.54) is 12.1 Å². The lowest BCUT2D eigenvalue weighted by atomic mass is 10.1. The van der Waals surface area contributed by atoms with Crippen molar-refractivity contribution in [1.29, 1.82) is 0 Å². The first kappa shape index (κ1) is 13.4. The van der Waals surface area contributed by atoms with Crippen LogP contribution in [-0.4, -0.2) is 17.0 Å². The molecule has 1 aromatic carbocycles. The Hall–Kier alpha value is -1.68. The first-order chi connectivity index (χ1) is 7.88. The Labute approximate surface area is 101 Å². The third-order valence-electron chi connectivity index (χ3n) is 2.16. The Morgan fingerprint density at radius 1 is 1.29 bits per heavy atom. The molecule has 0 aliphatic rings. The van der Waals surface area contributed by atoms with Gasteiger partial charge in [0.2, 0.25) is 0 Å². The zero-order valence-electron chi connectivity index (χ0n) is 10.4. The highest BCUT2D eigenvalue weighted by Crippen LogP contribution is 2.12. The maximum atomic E-state index is 10.5. The molecular weight excluding hydrogens is 216 g/mol. The summed E-state index contributed by atoms with van der Waals surface area (Å²) in [5, 5.41) is 13.8. The molecular formula is C13H18N2O2. The molecule has 92 valence electrons. The van der Waals surface area contributed by atoms with Crippen molar-refractivity contribution in [3.8, 4) is 0 Å². The molecule has 1 N–H and O–H groups in total. The number of nitrogens with one attached hydrogen (secondary N) is 1. The summed E-state index contributed by atoms with van der Waals surface area (Å²) in [7, 11) is 0. The number of non-ortho nitro benzene ring substituents is 1.